The van der Waals surface area contributed by atoms with Crippen LogP contribution in [0.4, 0.5) is 4.79 Å². The lowest BCUT2D eigenvalue weighted by atomic mass is 9.91. The molecular weight excluding hydrogens is 370 g/mol. The second-order valence-corrected chi connectivity index (χ2v) is 8.95. The van der Waals surface area contributed by atoms with Gasteiger partial charge < -0.3 is 5.32 Å². The van der Waals surface area contributed by atoms with Gasteiger partial charge in [-0.15, -0.1) is 5.53 Å². The van der Waals surface area contributed by atoms with E-state index in [1.807, 2.05) is 32.3 Å². The van der Waals surface area contributed by atoms with Crippen LogP contribution in [-0.2, 0) is 21.8 Å². The molecule has 0 unspecified atom stereocenters. The van der Waals surface area contributed by atoms with Crippen molar-refractivity contribution in [2.75, 3.05) is 6.26 Å². The minimum absolute atomic E-state index is 0.129. The van der Waals surface area contributed by atoms with Crippen molar-refractivity contribution in [1.29, 1.82) is 0 Å². The maximum Gasteiger partial charge on any atom is 0.409 e. The Hall–Kier alpha value is -3.04. The first kappa shape index (κ1) is 20.3. The highest BCUT2D eigenvalue weighted by Gasteiger charge is 2.22. The van der Waals surface area contributed by atoms with E-state index in [1.165, 1.54) is 12.1 Å². The molecule has 0 saturated heterocycles. The summed E-state index contributed by atoms with van der Waals surface area (Å²) in [5.41, 5.74) is 12.1. The van der Waals surface area contributed by atoms with Gasteiger partial charge in [0, 0.05) is 17.4 Å². The van der Waals surface area contributed by atoms with Gasteiger partial charge in [0.25, 0.3) is 0 Å². The molecular formula is C16H21N7O3S. The van der Waals surface area contributed by atoms with Crippen LogP contribution in [0.3, 0.4) is 0 Å². The average molecular weight is 391 g/mol. The van der Waals surface area contributed by atoms with E-state index in [4.69, 9.17) is 5.53 Å². The number of amides is 2. The number of urea groups is 1. The number of rotatable bonds is 5. The molecule has 0 aliphatic heterocycles. The van der Waals surface area contributed by atoms with Crippen molar-refractivity contribution in [2.24, 2.45) is 5.22 Å². The third-order valence-corrected chi connectivity index (χ3v) is 4.79. The zero-order valence-electron chi connectivity index (χ0n) is 15.5. The van der Waals surface area contributed by atoms with Gasteiger partial charge in [0.15, 0.2) is 9.84 Å². The summed E-state index contributed by atoms with van der Waals surface area (Å²) in [5, 5.41) is 10.0. The van der Waals surface area contributed by atoms with E-state index in [2.05, 4.69) is 20.6 Å². The Morgan fingerprint density at radius 1 is 1.30 bits per heavy atom. The Morgan fingerprint density at radius 3 is 2.44 bits per heavy atom. The van der Waals surface area contributed by atoms with Crippen LogP contribution < -0.4 is 10.7 Å². The number of hydrogen-bond donors (Lipinski definition) is 2. The van der Waals surface area contributed by atoms with E-state index in [9.17, 15) is 13.2 Å². The van der Waals surface area contributed by atoms with Crippen LogP contribution >= 0.6 is 0 Å². The zero-order chi connectivity index (χ0) is 20.2. The summed E-state index contributed by atoms with van der Waals surface area (Å²) >= 11 is 0. The van der Waals surface area contributed by atoms with Crippen LogP contribution in [0.15, 0.2) is 40.5 Å². The van der Waals surface area contributed by atoms with Crippen LogP contribution in [-0.4, -0.2) is 30.5 Å². The monoisotopic (exact) mass is 391 g/mol. The fourth-order valence-corrected chi connectivity index (χ4v) is 2.99. The molecule has 0 radical (unpaired) electrons. The maximum absolute atomic E-state index is 11.6. The summed E-state index contributed by atoms with van der Waals surface area (Å²) in [6.07, 6.45) is 1.15. The molecule has 27 heavy (non-hydrogen) atoms. The van der Waals surface area contributed by atoms with Crippen LogP contribution in [0.1, 0.15) is 32.2 Å². The van der Waals surface area contributed by atoms with Gasteiger partial charge in [-0.25, -0.2) is 17.9 Å². The molecule has 2 amide bonds. The highest BCUT2D eigenvalue weighted by atomic mass is 32.2. The molecule has 0 atom stereocenters. The first-order valence-corrected chi connectivity index (χ1v) is 9.89. The number of benzene rings is 1. The lowest BCUT2D eigenvalue weighted by Gasteiger charge is -2.20. The van der Waals surface area contributed by atoms with Gasteiger partial charge in [0.1, 0.15) is 0 Å². The van der Waals surface area contributed by atoms with E-state index in [0.717, 1.165) is 11.9 Å². The number of hydrogen-bond acceptors (Lipinski definition) is 5. The van der Waals surface area contributed by atoms with E-state index in [0.29, 0.717) is 11.4 Å². The molecule has 0 aliphatic rings. The van der Waals surface area contributed by atoms with Crippen LogP contribution in [0, 0.1) is 0 Å². The number of nitrogens with one attached hydrogen (secondary N) is 2. The second kappa shape index (κ2) is 7.68. The van der Waals surface area contributed by atoms with Crippen molar-refractivity contribution in [3.8, 4) is 5.69 Å². The molecule has 2 N–H and O–H groups in total. The lowest BCUT2D eigenvalue weighted by Crippen LogP contribution is -2.31. The van der Waals surface area contributed by atoms with Crippen molar-refractivity contribution in [1.82, 2.24) is 20.5 Å². The Kier molecular flexibility index (Phi) is 5.77. The van der Waals surface area contributed by atoms with Gasteiger partial charge in [-0.05, 0) is 35.6 Å². The van der Waals surface area contributed by atoms with Crippen LogP contribution in [0.25, 0.3) is 16.1 Å². The number of carbonyl (C=O) groups is 1. The Labute approximate surface area is 157 Å². The minimum Gasteiger partial charge on any atom is -0.312 e. The zero-order valence-corrected chi connectivity index (χ0v) is 16.3. The van der Waals surface area contributed by atoms with Gasteiger partial charge in [-0.3, -0.25) is 0 Å². The van der Waals surface area contributed by atoms with E-state index < -0.39 is 15.9 Å². The average Bonchev–Trinajstić information content (AvgIpc) is 3.02. The second-order valence-electron chi connectivity index (χ2n) is 6.93. The Bertz CT molecular complexity index is 982. The van der Waals surface area contributed by atoms with Crippen molar-refractivity contribution < 1.29 is 13.2 Å². The molecule has 0 fully saturated rings. The third kappa shape index (κ3) is 5.22. The predicted octanol–water partition coefficient (Wildman–Crippen LogP) is 2.60. The lowest BCUT2D eigenvalue weighted by molar-refractivity contribution is 0.240. The van der Waals surface area contributed by atoms with Gasteiger partial charge in [0.2, 0.25) is 0 Å². The summed E-state index contributed by atoms with van der Waals surface area (Å²) < 4.78 is 25.0. The van der Waals surface area contributed by atoms with Gasteiger partial charge in [-0.1, -0.05) is 20.8 Å². The molecule has 0 aliphatic carbocycles. The van der Waals surface area contributed by atoms with Gasteiger partial charge in [0.05, 0.1) is 22.8 Å². The first-order valence-electron chi connectivity index (χ1n) is 8.00. The van der Waals surface area contributed by atoms with Crippen molar-refractivity contribution in [3.05, 3.63) is 52.2 Å². The van der Waals surface area contributed by atoms with Crippen LogP contribution in [0.5, 0.6) is 0 Å². The fourth-order valence-electron chi connectivity index (χ4n) is 2.36. The fraction of sp³-hybridized carbons (Fsp3) is 0.375. The molecule has 144 valence electrons. The van der Waals surface area contributed by atoms with Gasteiger partial charge in [-0.2, -0.15) is 15.4 Å². The predicted molar refractivity (Wildman–Crippen MR) is 99.9 cm³/mol. The summed E-state index contributed by atoms with van der Waals surface area (Å²) in [4.78, 5) is 14.2. The van der Waals surface area contributed by atoms with E-state index in [-0.39, 0.29) is 16.9 Å². The quantitative estimate of drug-likeness (QED) is 0.349. The van der Waals surface area contributed by atoms with Crippen LogP contribution in [0.2, 0.25) is 0 Å². The number of carbonyl (C=O) groups excluding carboxylic acids is 1. The topological polar surface area (TPSA) is 142 Å². The maximum atomic E-state index is 11.6. The normalized spacial score (nSPS) is 11.6. The highest BCUT2D eigenvalue weighted by Crippen LogP contribution is 2.26. The molecule has 1 heterocycles. The van der Waals surface area contributed by atoms with E-state index in [1.54, 1.807) is 16.8 Å². The van der Waals surface area contributed by atoms with Gasteiger partial charge >= 0.3 is 6.03 Å². The molecule has 10 nitrogen and oxygen atoms in total. The third-order valence-electron chi connectivity index (χ3n) is 3.66. The SMILES string of the molecule is CC(C)(C)c1cc(CNC(=O)NN=[N+]=[N-])nn1-c1ccc(S(C)(=O)=O)cc1. The number of aromatic nitrogens is 2. The molecule has 1 aromatic heterocycles. The van der Waals surface area contributed by atoms with Crippen molar-refractivity contribution in [2.45, 2.75) is 37.6 Å². The van der Waals surface area contributed by atoms with Crippen molar-refractivity contribution >= 4 is 15.9 Å². The number of nitrogens with zero attached hydrogens (tertiary/aromatic N) is 5. The summed E-state index contributed by atoms with van der Waals surface area (Å²) in [6.45, 7) is 6.20. The molecule has 1 aromatic carbocycles. The molecule has 0 bridgehead atoms. The number of azide groups is 1. The molecule has 11 heteroatoms. The smallest absolute Gasteiger partial charge is 0.312 e. The molecule has 2 aromatic rings. The Morgan fingerprint density at radius 2 is 1.93 bits per heavy atom. The summed E-state index contributed by atoms with van der Waals surface area (Å²) in [6, 6.07) is 7.65. The standard InChI is InChI=1S/C16H21N7O3S/c1-16(2,3)14-9-11(10-18-15(24)19-22-21-17)20-23(14)12-5-7-13(8-6-12)27(4,25)26/h5-9H,10H2,1-4H3,(H2,18,19,24). The largest absolute Gasteiger partial charge is 0.409 e. The summed E-state index contributed by atoms with van der Waals surface area (Å²) in [7, 11) is -3.28. The van der Waals surface area contributed by atoms with E-state index >= 15 is 0 Å². The highest BCUT2D eigenvalue weighted by molar-refractivity contribution is 7.90. The molecule has 0 spiro atoms. The first-order chi connectivity index (χ1) is 12.5. The molecule has 2 rings (SSSR count). The van der Waals surface area contributed by atoms with Crippen molar-refractivity contribution in [3.63, 3.8) is 0 Å². The number of sulfone groups is 1. The summed E-state index contributed by atoms with van der Waals surface area (Å²) in [5.74, 6) is 0. The Balaban J connectivity index is 2.33. The molecule has 0 saturated carbocycles. The minimum atomic E-state index is -3.28.